The van der Waals surface area contributed by atoms with Crippen LogP contribution in [0.2, 0.25) is 0 Å². The molecule has 0 aliphatic heterocycles. The molecule has 30 heavy (non-hydrogen) atoms. The number of benzene rings is 3. The number of hydrogen-bond donors (Lipinski definition) is 2. The molecule has 0 radical (unpaired) electrons. The standard InChI is InChI=1S/C23H24N2O4S/c1-17-11-13-21(14-12-17)30(27,28)25-22(15-18-7-4-3-5-8-18)23(26)24-19-9-6-10-20(16-19)29-2/h3-14,16,22,25H,15H2,1-2H3,(H,24,26). The van der Waals surface area contributed by atoms with E-state index in [0.717, 1.165) is 11.1 Å². The third-order valence-corrected chi connectivity index (χ3v) is 6.05. The minimum atomic E-state index is -3.88. The van der Waals surface area contributed by atoms with E-state index in [1.54, 1.807) is 36.4 Å². The first-order valence-electron chi connectivity index (χ1n) is 9.45. The Morgan fingerprint density at radius 1 is 0.967 bits per heavy atom. The molecule has 0 saturated heterocycles. The molecule has 0 fully saturated rings. The highest BCUT2D eigenvalue weighted by Crippen LogP contribution is 2.18. The number of ether oxygens (including phenoxy) is 1. The van der Waals surface area contributed by atoms with Crippen LogP contribution in [-0.4, -0.2) is 27.5 Å². The van der Waals surface area contributed by atoms with Crippen molar-refractivity contribution in [3.8, 4) is 5.75 Å². The van der Waals surface area contributed by atoms with Crippen LogP contribution >= 0.6 is 0 Å². The summed E-state index contributed by atoms with van der Waals surface area (Å²) < 4.78 is 33.5. The molecule has 1 unspecified atom stereocenters. The second-order valence-electron chi connectivity index (χ2n) is 6.90. The minimum Gasteiger partial charge on any atom is -0.497 e. The van der Waals surface area contributed by atoms with Gasteiger partial charge < -0.3 is 10.1 Å². The van der Waals surface area contributed by atoms with Gasteiger partial charge in [-0.3, -0.25) is 4.79 Å². The Balaban J connectivity index is 1.85. The van der Waals surface area contributed by atoms with Crippen molar-refractivity contribution in [2.45, 2.75) is 24.3 Å². The molecule has 1 amide bonds. The smallest absolute Gasteiger partial charge is 0.242 e. The number of anilines is 1. The zero-order valence-corrected chi connectivity index (χ0v) is 17.6. The van der Waals surface area contributed by atoms with Crippen molar-refractivity contribution in [3.05, 3.63) is 90.0 Å². The van der Waals surface area contributed by atoms with Crippen LogP contribution in [0.1, 0.15) is 11.1 Å². The molecule has 0 aliphatic carbocycles. The summed E-state index contributed by atoms with van der Waals surface area (Å²) in [5.74, 6) is 0.135. The zero-order valence-electron chi connectivity index (χ0n) is 16.8. The molecule has 0 aromatic heterocycles. The molecule has 0 spiro atoms. The lowest BCUT2D eigenvalue weighted by molar-refractivity contribution is -0.117. The third kappa shape index (κ3) is 5.68. The molecule has 0 heterocycles. The van der Waals surface area contributed by atoms with Gasteiger partial charge in [-0.15, -0.1) is 0 Å². The number of carbonyl (C=O) groups is 1. The minimum absolute atomic E-state index is 0.111. The van der Waals surface area contributed by atoms with Crippen molar-refractivity contribution in [1.29, 1.82) is 0 Å². The lowest BCUT2D eigenvalue weighted by Crippen LogP contribution is -2.45. The topological polar surface area (TPSA) is 84.5 Å². The van der Waals surface area contributed by atoms with Crippen LogP contribution in [0.4, 0.5) is 5.69 Å². The first-order valence-corrected chi connectivity index (χ1v) is 10.9. The van der Waals surface area contributed by atoms with Crippen molar-refractivity contribution < 1.29 is 17.9 Å². The van der Waals surface area contributed by atoms with Crippen LogP contribution in [0, 0.1) is 6.92 Å². The Bertz CT molecular complexity index is 1100. The summed E-state index contributed by atoms with van der Waals surface area (Å²) in [4.78, 5) is 13.1. The summed E-state index contributed by atoms with van der Waals surface area (Å²) in [5.41, 5.74) is 2.31. The van der Waals surface area contributed by atoms with Crippen molar-refractivity contribution in [3.63, 3.8) is 0 Å². The van der Waals surface area contributed by atoms with Crippen LogP contribution in [0.25, 0.3) is 0 Å². The molecule has 156 valence electrons. The summed E-state index contributed by atoms with van der Waals surface area (Å²) in [7, 11) is -2.35. The quantitative estimate of drug-likeness (QED) is 0.579. The van der Waals surface area contributed by atoms with Gasteiger partial charge >= 0.3 is 0 Å². The van der Waals surface area contributed by atoms with Crippen molar-refractivity contribution >= 4 is 21.6 Å². The summed E-state index contributed by atoms with van der Waals surface area (Å²) in [6, 6.07) is 21.7. The van der Waals surface area contributed by atoms with Gasteiger partial charge in [-0.2, -0.15) is 4.72 Å². The second kappa shape index (κ2) is 9.56. The van der Waals surface area contributed by atoms with Gasteiger partial charge in [-0.1, -0.05) is 54.1 Å². The van der Waals surface area contributed by atoms with Gasteiger partial charge in [-0.05, 0) is 43.2 Å². The van der Waals surface area contributed by atoms with Crippen LogP contribution < -0.4 is 14.8 Å². The molecule has 3 aromatic carbocycles. The SMILES string of the molecule is COc1cccc(NC(=O)C(Cc2ccccc2)NS(=O)(=O)c2ccc(C)cc2)c1. The van der Waals surface area contributed by atoms with E-state index < -0.39 is 22.0 Å². The number of amides is 1. The van der Waals surface area contributed by atoms with Crippen molar-refractivity contribution in [2.24, 2.45) is 0 Å². The van der Waals surface area contributed by atoms with Gasteiger partial charge in [-0.25, -0.2) is 8.42 Å². The molecule has 7 heteroatoms. The van der Waals surface area contributed by atoms with E-state index >= 15 is 0 Å². The fourth-order valence-electron chi connectivity index (χ4n) is 2.94. The molecule has 3 aromatic rings. The lowest BCUT2D eigenvalue weighted by atomic mass is 10.1. The number of aryl methyl sites for hydroxylation is 1. The Hall–Kier alpha value is -3.16. The average Bonchev–Trinajstić information content (AvgIpc) is 2.74. The predicted molar refractivity (Wildman–Crippen MR) is 117 cm³/mol. The number of carbonyl (C=O) groups excluding carboxylic acids is 1. The molecule has 2 N–H and O–H groups in total. The third-order valence-electron chi connectivity index (χ3n) is 4.57. The van der Waals surface area contributed by atoms with Crippen LogP contribution in [0.3, 0.4) is 0 Å². The van der Waals surface area contributed by atoms with E-state index in [-0.39, 0.29) is 11.3 Å². The van der Waals surface area contributed by atoms with Gasteiger partial charge in [0.1, 0.15) is 11.8 Å². The van der Waals surface area contributed by atoms with E-state index in [4.69, 9.17) is 4.74 Å². The summed E-state index contributed by atoms with van der Waals surface area (Å²) in [5, 5.41) is 2.77. The largest absolute Gasteiger partial charge is 0.497 e. The van der Waals surface area contributed by atoms with Crippen LogP contribution in [-0.2, 0) is 21.2 Å². The normalized spacial score (nSPS) is 12.2. The van der Waals surface area contributed by atoms with E-state index in [2.05, 4.69) is 10.0 Å². The number of sulfonamides is 1. The summed E-state index contributed by atoms with van der Waals surface area (Å²) >= 11 is 0. The first-order chi connectivity index (χ1) is 14.4. The Labute approximate surface area is 177 Å². The molecule has 1 atom stereocenters. The van der Waals surface area contributed by atoms with E-state index in [1.807, 2.05) is 37.3 Å². The van der Waals surface area contributed by atoms with Gasteiger partial charge in [0.15, 0.2) is 0 Å². The summed E-state index contributed by atoms with van der Waals surface area (Å²) in [6.45, 7) is 1.88. The lowest BCUT2D eigenvalue weighted by Gasteiger charge is -2.19. The molecule has 0 bridgehead atoms. The number of rotatable bonds is 8. The second-order valence-corrected chi connectivity index (χ2v) is 8.61. The average molecular weight is 425 g/mol. The molecule has 0 aliphatic rings. The number of hydrogen-bond acceptors (Lipinski definition) is 4. The van der Waals surface area contributed by atoms with Gasteiger partial charge in [0.05, 0.1) is 12.0 Å². The van der Waals surface area contributed by atoms with Crippen LogP contribution in [0.15, 0.2) is 83.8 Å². The molecular weight excluding hydrogens is 400 g/mol. The Morgan fingerprint density at radius 3 is 2.33 bits per heavy atom. The zero-order chi connectivity index (χ0) is 21.6. The fourth-order valence-corrected chi connectivity index (χ4v) is 4.14. The first kappa shape index (κ1) is 21.5. The highest BCUT2D eigenvalue weighted by atomic mass is 32.2. The monoisotopic (exact) mass is 424 g/mol. The van der Waals surface area contributed by atoms with Crippen LogP contribution in [0.5, 0.6) is 5.75 Å². The maximum absolute atomic E-state index is 13.0. The highest BCUT2D eigenvalue weighted by Gasteiger charge is 2.26. The molecule has 0 saturated carbocycles. The summed E-state index contributed by atoms with van der Waals surface area (Å²) in [6.07, 6.45) is 0.210. The fraction of sp³-hybridized carbons (Fsp3) is 0.174. The highest BCUT2D eigenvalue weighted by molar-refractivity contribution is 7.89. The van der Waals surface area contributed by atoms with E-state index in [1.165, 1.54) is 19.2 Å². The maximum Gasteiger partial charge on any atom is 0.242 e. The molecule has 6 nitrogen and oxygen atoms in total. The van der Waals surface area contributed by atoms with Gasteiger partial charge in [0.2, 0.25) is 15.9 Å². The van der Waals surface area contributed by atoms with Crippen molar-refractivity contribution in [1.82, 2.24) is 4.72 Å². The Kier molecular flexibility index (Phi) is 6.87. The maximum atomic E-state index is 13.0. The molecular formula is C23H24N2O4S. The predicted octanol–water partition coefficient (Wildman–Crippen LogP) is 3.53. The number of nitrogens with one attached hydrogen (secondary N) is 2. The van der Waals surface area contributed by atoms with Gasteiger partial charge in [0, 0.05) is 11.8 Å². The molecule has 3 rings (SSSR count). The van der Waals surface area contributed by atoms with Gasteiger partial charge in [0.25, 0.3) is 0 Å². The Morgan fingerprint density at radius 2 is 1.67 bits per heavy atom. The number of methoxy groups -OCH3 is 1. The van der Waals surface area contributed by atoms with E-state index in [9.17, 15) is 13.2 Å². The van der Waals surface area contributed by atoms with Crippen molar-refractivity contribution in [2.75, 3.05) is 12.4 Å². The van der Waals surface area contributed by atoms with E-state index in [0.29, 0.717) is 11.4 Å².